The van der Waals surface area contributed by atoms with E-state index in [9.17, 15) is 9.18 Å². The molecule has 0 bridgehead atoms. The van der Waals surface area contributed by atoms with E-state index in [-0.39, 0.29) is 11.5 Å². The molecule has 0 saturated heterocycles. The molecule has 0 fully saturated rings. The minimum atomic E-state index is -0.433. The van der Waals surface area contributed by atoms with Crippen molar-refractivity contribution < 1.29 is 13.9 Å². The van der Waals surface area contributed by atoms with Crippen LogP contribution in [0, 0.1) is 5.82 Å². The Labute approximate surface area is 155 Å². The summed E-state index contributed by atoms with van der Waals surface area (Å²) in [6.45, 7) is 0. The first kappa shape index (κ1) is 18.1. The van der Waals surface area contributed by atoms with Crippen LogP contribution in [0.25, 0.3) is 17.3 Å². The van der Waals surface area contributed by atoms with Crippen LogP contribution < -0.4 is 10.2 Å². The van der Waals surface area contributed by atoms with Crippen molar-refractivity contribution in [2.75, 3.05) is 7.11 Å². The molecule has 0 atom stereocenters. The van der Waals surface area contributed by atoms with Crippen molar-refractivity contribution >= 4 is 18.2 Å². The molecule has 1 aromatic heterocycles. The Morgan fingerprint density at radius 1 is 1.22 bits per heavy atom. The summed E-state index contributed by atoms with van der Waals surface area (Å²) in [5, 5.41) is 10.6. The summed E-state index contributed by atoms with van der Waals surface area (Å²) in [5.41, 5.74) is 4.80. The molecule has 0 aliphatic heterocycles. The van der Waals surface area contributed by atoms with E-state index in [2.05, 4.69) is 20.7 Å². The van der Waals surface area contributed by atoms with Crippen LogP contribution in [0.5, 0.6) is 5.75 Å². The number of carbonyl (C=O) groups is 1. The first-order valence-electron chi connectivity index (χ1n) is 8.12. The number of halogens is 1. The fourth-order valence-electron chi connectivity index (χ4n) is 2.36. The number of nitrogens with one attached hydrogen (secondary N) is 2. The number of hydrazone groups is 1. The number of methoxy groups -OCH3 is 1. The molecule has 7 heteroatoms. The first-order chi connectivity index (χ1) is 13.2. The Kier molecular flexibility index (Phi) is 5.73. The molecule has 2 N–H and O–H groups in total. The minimum absolute atomic E-state index is 0.250. The Morgan fingerprint density at radius 3 is 2.78 bits per heavy atom. The number of nitrogens with zero attached hydrogens (tertiary/aromatic N) is 2. The Morgan fingerprint density at radius 2 is 2.00 bits per heavy atom. The summed E-state index contributed by atoms with van der Waals surface area (Å²) in [7, 11) is 1.60. The molecule has 136 valence electrons. The minimum Gasteiger partial charge on any atom is -0.496 e. The lowest BCUT2D eigenvalue weighted by Crippen LogP contribution is -2.17. The molecule has 0 spiro atoms. The SMILES string of the molecule is COc1ccccc1/C=C/C=N\NC(=O)c1cc(-c2ccc(F)cc2)n[nH]1. The van der Waals surface area contributed by atoms with E-state index >= 15 is 0 Å². The molecular weight excluding hydrogens is 347 g/mol. The van der Waals surface area contributed by atoms with Gasteiger partial charge in [-0.1, -0.05) is 18.2 Å². The third-order valence-electron chi connectivity index (χ3n) is 3.70. The second-order valence-electron chi connectivity index (χ2n) is 5.49. The summed E-state index contributed by atoms with van der Waals surface area (Å²) < 4.78 is 18.2. The van der Waals surface area contributed by atoms with Gasteiger partial charge in [0.15, 0.2) is 0 Å². The molecule has 3 aromatic rings. The summed E-state index contributed by atoms with van der Waals surface area (Å²) in [4.78, 5) is 12.1. The van der Waals surface area contributed by atoms with E-state index in [1.54, 1.807) is 31.4 Å². The molecular formula is C20H17FN4O2. The topological polar surface area (TPSA) is 79.4 Å². The number of amides is 1. The maximum atomic E-state index is 13.0. The highest BCUT2D eigenvalue weighted by Crippen LogP contribution is 2.19. The number of hydrogen-bond donors (Lipinski definition) is 2. The lowest BCUT2D eigenvalue weighted by molar-refractivity contribution is 0.0950. The van der Waals surface area contributed by atoms with Crippen molar-refractivity contribution in [2.45, 2.75) is 0 Å². The molecule has 0 radical (unpaired) electrons. The first-order valence-corrected chi connectivity index (χ1v) is 8.12. The maximum absolute atomic E-state index is 13.0. The van der Waals surface area contributed by atoms with Crippen LogP contribution in [0.4, 0.5) is 4.39 Å². The Hall–Kier alpha value is -3.74. The lowest BCUT2D eigenvalue weighted by atomic mass is 10.1. The normalized spacial score (nSPS) is 11.2. The zero-order valence-electron chi connectivity index (χ0n) is 14.5. The van der Waals surface area contributed by atoms with Gasteiger partial charge in [-0.15, -0.1) is 0 Å². The number of aromatic nitrogens is 2. The Bertz CT molecular complexity index is 978. The quantitative estimate of drug-likeness (QED) is 0.518. The molecule has 0 aliphatic carbocycles. The van der Waals surface area contributed by atoms with E-state index in [4.69, 9.17) is 4.74 Å². The number of hydrogen-bond acceptors (Lipinski definition) is 4. The number of benzene rings is 2. The van der Waals surface area contributed by atoms with Gasteiger partial charge in [0.25, 0.3) is 5.91 Å². The standard InChI is InChI=1S/C20H17FN4O2/c1-27-19-7-3-2-5-15(19)6-4-12-22-25-20(26)18-13-17(23-24-18)14-8-10-16(21)11-9-14/h2-13H,1H3,(H,23,24)(H,25,26)/b6-4+,22-12-. The van der Waals surface area contributed by atoms with Gasteiger partial charge in [0.1, 0.15) is 17.3 Å². The van der Waals surface area contributed by atoms with Crippen LogP contribution in [0.3, 0.4) is 0 Å². The zero-order valence-corrected chi connectivity index (χ0v) is 14.5. The summed E-state index contributed by atoms with van der Waals surface area (Å²) in [6, 6.07) is 15.0. The van der Waals surface area contributed by atoms with Crippen LogP contribution >= 0.6 is 0 Å². The van der Waals surface area contributed by atoms with Crippen molar-refractivity contribution in [3.63, 3.8) is 0 Å². The second kappa shape index (κ2) is 8.57. The number of aromatic amines is 1. The number of H-pyrrole nitrogens is 1. The van der Waals surface area contributed by atoms with Gasteiger partial charge >= 0.3 is 0 Å². The Balaban J connectivity index is 1.58. The fourth-order valence-corrected chi connectivity index (χ4v) is 2.36. The van der Waals surface area contributed by atoms with Crippen LogP contribution in [0.15, 0.2) is 65.8 Å². The van der Waals surface area contributed by atoms with E-state index < -0.39 is 5.91 Å². The third kappa shape index (κ3) is 4.66. The van der Waals surface area contributed by atoms with Crippen LogP contribution in [-0.2, 0) is 0 Å². The van der Waals surface area contributed by atoms with Crippen LogP contribution in [0.1, 0.15) is 16.1 Å². The van der Waals surface area contributed by atoms with Crippen molar-refractivity contribution in [1.29, 1.82) is 0 Å². The zero-order chi connectivity index (χ0) is 19.1. The van der Waals surface area contributed by atoms with Gasteiger partial charge < -0.3 is 4.74 Å². The van der Waals surface area contributed by atoms with Gasteiger partial charge in [0.05, 0.1) is 12.8 Å². The molecule has 1 heterocycles. The predicted molar refractivity (Wildman–Crippen MR) is 102 cm³/mol. The maximum Gasteiger partial charge on any atom is 0.289 e. The average Bonchev–Trinajstić information content (AvgIpc) is 3.19. The number of para-hydroxylation sites is 1. The average molecular weight is 364 g/mol. The van der Waals surface area contributed by atoms with Gasteiger partial charge in [0, 0.05) is 17.3 Å². The summed E-state index contributed by atoms with van der Waals surface area (Å²) in [6.07, 6.45) is 4.97. The van der Waals surface area contributed by atoms with Crippen LogP contribution in [-0.4, -0.2) is 29.4 Å². The van der Waals surface area contributed by atoms with E-state index in [1.165, 1.54) is 18.3 Å². The van der Waals surface area contributed by atoms with Crippen molar-refractivity contribution in [2.24, 2.45) is 5.10 Å². The van der Waals surface area contributed by atoms with Gasteiger partial charge in [-0.25, -0.2) is 9.82 Å². The lowest BCUT2D eigenvalue weighted by Gasteiger charge is -2.02. The number of allylic oxidation sites excluding steroid dienone is 1. The number of rotatable bonds is 6. The molecule has 0 saturated carbocycles. The van der Waals surface area contributed by atoms with E-state index in [0.29, 0.717) is 11.3 Å². The van der Waals surface area contributed by atoms with Gasteiger partial charge in [-0.05, 0) is 48.6 Å². The van der Waals surface area contributed by atoms with E-state index in [1.807, 2.05) is 30.3 Å². The highest BCUT2D eigenvalue weighted by molar-refractivity contribution is 5.94. The third-order valence-corrected chi connectivity index (χ3v) is 3.70. The predicted octanol–water partition coefficient (Wildman–Crippen LogP) is 3.65. The molecule has 0 aliphatic rings. The smallest absolute Gasteiger partial charge is 0.289 e. The van der Waals surface area contributed by atoms with Crippen molar-refractivity contribution in [3.8, 4) is 17.0 Å². The highest BCUT2D eigenvalue weighted by Gasteiger charge is 2.10. The molecule has 0 unspecified atom stereocenters. The second-order valence-corrected chi connectivity index (χ2v) is 5.49. The van der Waals surface area contributed by atoms with Crippen molar-refractivity contribution in [3.05, 3.63) is 77.7 Å². The van der Waals surface area contributed by atoms with Gasteiger partial charge in [-0.3, -0.25) is 9.89 Å². The largest absolute Gasteiger partial charge is 0.496 e. The molecule has 6 nitrogen and oxygen atoms in total. The molecule has 2 aromatic carbocycles. The highest BCUT2D eigenvalue weighted by atomic mass is 19.1. The summed E-state index contributed by atoms with van der Waals surface area (Å²) >= 11 is 0. The van der Waals surface area contributed by atoms with Gasteiger partial charge in [-0.2, -0.15) is 10.2 Å². The fraction of sp³-hybridized carbons (Fsp3) is 0.0500. The number of carbonyl (C=O) groups excluding carboxylic acids is 1. The monoisotopic (exact) mass is 364 g/mol. The number of ether oxygens (including phenoxy) is 1. The van der Waals surface area contributed by atoms with E-state index in [0.717, 1.165) is 11.3 Å². The molecule has 3 rings (SSSR count). The molecule has 27 heavy (non-hydrogen) atoms. The van der Waals surface area contributed by atoms with Crippen LogP contribution in [0.2, 0.25) is 0 Å². The molecule has 1 amide bonds. The van der Waals surface area contributed by atoms with Crippen molar-refractivity contribution in [1.82, 2.24) is 15.6 Å². The summed E-state index contributed by atoms with van der Waals surface area (Å²) in [5.74, 6) is -0.0162. The van der Waals surface area contributed by atoms with Gasteiger partial charge in [0.2, 0.25) is 0 Å².